The largest absolute Gasteiger partial charge is 0.496 e. The van der Waals surface area contributed by atoms with Gasteiger partial charge >= 0.3 is 0 Å². The van der Waals surface area contributed by atoms with Crippen molar-refractivity contribution in [1.29, 1.82) is 0 Å². The molecular formula is C10H14NOS+. The van der Waals surface area contributed by atoms with E-state index in [4.69, 9.17) is 4.74 Å². The monoisotopic (exact) mass is 196 g/mol. The SMILES string of the molecule is COc1ccccc1[C@@H]1[NH2+]CCS1. The van der Waals surface area contributed by atoms with E-state index in [-0.39, 0.29) is 0 Å². The zero-order valence-corrected chi connectivity index (χ0v) is 8.51. The van der Waals surface area contributed by atoms with Crippen LogP contribution >= 0.6 is 11.8 Å². The van der Waals surface area contributed by atoms with E-state index in [1.807, 2.05) is 23.9 Å². The minimum Gasteiger partial charge on any atom is -0.496 e. The van der Waals surface area contributed by atoms with Gasteiger partial charge in [0, 0.05) is 5.75 Å². The summed E-state index contributed by atoms with van der Waals surface area (Å²) >= 11 is 1.99. The van der Waals surface area contributed by atoms with Gasteiger partial charge in [-0.3, -0.25) is 0 Å². The summed E-state index contributed by atoms with van der Waals surface area (Å²) < 4.78 is 5.32. The topological polar surface area (TPSA) is 25.8 Å². The molecule has 2 rings (SSSR count). The van der Waals surface area contributed by atoms with Crippen LogP contribution in [0.2, 0.25) is 0 Å². The number of nitrogens with two attached hydrogens (primary N) is 1. The first-order valence-electron chi connectivity index (χ1n) is 4.49. The molecule has 0 spiro atoms. The van der Waals surface area contributed by atoms with Gasteiger partial charge in [0.05, 0.1) is 19.2 Å². The standard InChI is InChI=1S/C10H13NOS/c1-12-9-5-3-2-4-8(9)10-11-6-7-13-10/h2-5,10-11H,6-7H2,1H3/p+1/t10-/m1/s1. The summed E-state index contributed by atoms with van der Waals surface area (Å²) in [7, 11) is 1.73. The van der Waals surface area contributed by atoms with E-state index in [0.29, 0.717) is 5.37 Å². The zero-order valence-electron chi connectivity index (χ0n) is 7.69. The lowest BCUT2D eigenvalue weighted by atomic mass is 10.2. The van der Waals surface area contributed by atoms with Crippen LogP contribution in [-0.4, -0.2) is 19.4 Å². The van der Waals surface area contributed by atoms with Crippen LogP contribution in [-0.2, 0) is 0 Å². The van der Waals surface area contributed by atoms with Crippen LogP contribution in [0.5, 0.6) is 5.75 Å². The molecule has 1 fully saturated rings. The van der Waals surface area contributed by atoms with E-state index in [9.17, 15) is 0 Å². The Bertz CT molecular complexity index is 284. The Balaban J connectivity index is 2.26. The normalized spacial score (nSPS) is 21.8. The number of hydrogen-bond acceptors (Lipinski definition) is 2. The third-order valence-electron chi connectivity index (χ3n) is 2.24. The molecular weight excluding hydrogens is 182 g/mol. The van der Waals surface area contributed by atoms with Gasteiger partial charge in [-0.25, -0.2) is 0 Å². The van der Waals surface area contributed by atoms with Gasteiger partial charge < -0.3 is 10.1 Å². The van der Waals surface area contributed by atoms with E-state index in [1.54, 1.807) is 7.11 Å². The Hall–Kier alpha value is -0.670. The Morgan fingerprint density at radius 2 is 2.31 bits per heavy atom. The summed E-state index contributed by atoms with van der Waals surface area (Å²) in [5, 5.41) is 2.90. The summed E-state index contributed by atoms with van der Waals surface area (Å²) in [6.07, 6.45) is 0. The molecule has 0 radical (unpaired) electrons. The number of hydrogen-bond donors (Lipinski definition) is 1. The molecule has 1 aromatic rings. The van der Waals surface area contributed by atoms with E-state index >= 15 is 0 Å². The third kappa shape index (κ3) is 1.81. The Kier molecular flexibility index (Phi) is 2.76. The highest BCUT2D eigenvalue weighted by atomic mass is 32.2. The molecule has 2 nitrogen and oxygen atoms in total. The average Bonchev–Trinajstić information content (AvgIpc) is 2.70. The van der Waals surface area contributed by atoms with Crippen molar-refractivity contribution in [1.82, 2.24) is 0 Å². The predicted octanol–water partition coefficient (Wildman–Crippen LogP) is 1.00. The fraction of sp³-hybridized carbons (Fsp3) is 0.400. The fourth-order valence-corrected chi connectivity index (χ4v) is 2.77. The van der Waals surface area contributed by atoms with Gasteiger partial charge in [0.1, 0.15) is 5.75 Å². The smallest absolute Gasteiger partial charge is 0.162 e. The lowest BCUT2D eigenvalue weighted by Crippen LogP contribution is -2.81. The lowest BCUT2D eigenvalue weighted by molar-refractivity contribution is -0.663. The summed E-state index contributed by atoms with van der Waals surface area (Å²) in [6.45, 7) is 1.22. The van der Waals surface area contributed by atoms with Gasteiger partial charge in [-0.1, -0.05) is 23.9 Å². The number of methoxy groups -OCH3 is 1. The molecule has 0 unspecified atom stereocenters. The van der Waals surface area contributed by atoms with Gasteiger partial charge in [0.2, 0.25) is 0 Å². The molecule has 0 aliphatic carbocycles. The summed E-state index contributed by atoms with van der Waals surface area (Å²) in [5.74, 6) is 2.25. The second-order valence-electron chi connectivity index (χ2n) is 3.06. The summed E-state index contributed by atoms with van der Waals surface area (Å²) in [5.41, 5.74) is 1.31. The van der Waals surface area contributed by atoms with Crippen molar-refractivity contribution in [2.45, 2.75) is 5.37 Å². The van der Waals surface area contributed by atoms with Crippen molar-refractivity contribution in [3.05, 3.63) is 29.8 Å². The molecule has 2 N–H and O–H groups in total. The maximum atomic E-state index is 5.32. The molecule has 1 aliphatic heterocycles. The molecule has 1 aromatic carbocycles. The maximum Gasteiger partial charge on any atom is 0.162 e. The highest BCUT2D eigenvalue weighted by molar-refractivity contribution is 7.99. The molecule has 13 heavy (non-hydrogen) atoms. The van der Waals surface area contributed by atoms with Crippen LogP contribution in [0.1, 0.15) is 10.9 Å². The van der Waals surface area contributed by atoms with E-state index in [0.717, 1.165) is 5.75 Å². The van der Waals surface area contributed by atoms with Gasteiger partial charge in [-0.2, -0.15) is 0 Å². The van der Waals surface area contributed by atoms with E-state index in [2.05, 4.69) is 17.4 Å². The summed E-state index contributed by atoms with van der Waals surface area (Å²) in [6, 6.07) is 8.27. The van der Waals surface area contributed by atoms with Gasteiger partial charge in [-0.15, -0.1) is 0 Å². The molecule has 1 heterocycles. The lowest BCUT2D eigenvalue weighted by Gasteiger charge is -2.10. The first kappa shape index (κ1) is 8.91. The predicted molar refractivity (Wildman–Crippen MR) is 55.0 cm³/mol. The molecule has 0 saturated carbocycles. The van der Waals surface area contributed by atoms with Gasteiger partial charge in [0.25, 0.3) is 0 Å². The number of thioether (sulfide) groups is 1. The number of para-hydroxylation sites is 1. The van der Waals surface area contributed by atoms with Gasteiger partial charge in [-0.05, 0) is 12.1 Å². The molecule has 0 aromatic heterocycles. The van der Waals surface area contributed by atoms with Crippen molar-refractivity contribution >= 4 is 11.8 Å². The number of benzene rings is 1. The van der Waals surface area contributed by atoms with Crippen molar-refractivity contribution in [2.24, 2.45) is 0 Å². The second kappa shape index (κ2) is 4.03. The minimum atomic E-state index is 0.538. The highest BCUT2D eigenvalue weighted by Gasteiger charge is 2.23. The molecule has 1 atom stereocenters. The molecule has 1 saturated heterocycles. The van der Waals surface area contributed by atoms with Crippen molar-refractivity contribution < 1.29 is 10.1 Å². The molecule has 0 amide bonds. The highest BCUT2D eigenvalue weighted by Crippen LogP contribution is 2.31. The van der Waals surface area contributed by atoms with Crippen LogP contribution in [0.25, 0.3) is 0 Å². The zero-order chi connectivity index (χ0) is 9.10. The first-order chi connectivity index (χ1) is 6.42. The molecule has 3 heteroatoms. The fourth-order valence-electron chi connectivity index (χ4n) is 1.60. The second-order valence-corrected chi connectivity index (χ2v) is 4.31. The Labute approximate surface area is 82.7 Å². The summed E-state index contributed by atoms with van der Waals surface area (Å²) in [4.78, 5) is 0. The average molecular weight is 196 g/mol. The molecule has 0 bridgehead atoms. The Morgan fingerprint density at radius 3 is 3.00 bits per heavy atom. The van der Waals surface area contributed by atoms with Crippen LogP contribution in [0.15, 0.2) is 24.3 Å². The quantitative estimate of drug-likeness (QED) is 0.763. The van der Waals surface area contributed by atoms with Crippen LogP contribution in [0, 0.1) is 0 Å². The third-order valence-corrected chi connectivity index (χ3v) is 3.52. The molecule has 1 aliphatic rings. The maximum absolute atomic E-state index is 5.32. The van der Waals surface area contributed by atoms with Gasteiger partial charge in [0.15, 0.2) is 5.37 Å². The minimum absolute atomic E-state index is 0.538. The number of quaternary nitrogens is 1. The Morgan fingerprint density at radius 1 is 1.46 bits per heavy atom. The number of ether oxygens (including phenoxy) is 1. The van der Waals surface area contributed by atoms with Crippen molar-refractivity contribution in [3.63, 3.8) is 0 Å². The van der Waals surface area contributed by atoms with Crippen LogP contribution in [0.4, 0.5) is 0 Å². The van der Waals surface area contributed by atoms with Crippen LogP contribution in [0.3, 0.4) is 0 Å². The first-order valence-corrected chi connectivity index (χ1v) is 5.54. The van der Waals surface area contributed by atoms with Crippen molar-refractivity contribution in [3.8, 4) is 5.75 Å². The number of rotatable bonds is 2. The van der Waals surface area contributed by atoms with E-state index < -0.39 is 0 Å². The van der Waals surface area contributed by atoms with Crippen molar-refractivity contribution in [2.75, 3.05) is 19.4 Å². The molecule has 70 valence electrons. The van der Waals surface area contributed by atoms with E-state index in [1.165, 1.54) is 17.9 Å². The van der Waals surface area contributed by atoms with Crippen LogP contribution < -0.4 is 10.1 Å².